The van der Waals surface area contributed by atoms with E-state index in [-0.39, 0.29) is 48.4 Å². The minimum atomic E-state index is -1.30. The molecule has 18 rings (SSSR count). The van der Waals surface area contributed by atoms with Gasteiger partial charge in [0.15, 0.2) is 6.10 Å². The fraction of sp³-hybridized carbons (Fsp3) is 0.301. The van der Waals surface area contributed by atoms with Gasteiger partial charge in [-0.1, -0.05) is 106 Å². The zero-order valence-electron chi connectivity index (χ0n) is 58.5. The second-order valence-electron chi connectivity index (χ2n) is 28.5. The molecule has 0 radical (unpaired) electrons. The monoisotopic (exact) mass is 1660 g/mol. The van der Waals surface area contributed by atoms with Crippen molar-refractivity contribution in [2.75, 3.05) is 0 Å². The summed E-state index contributed by atoms with van der Waals surface area (Å²) >= 11 is 14.0. The maximum absolute atomic E-state index is 12.7. The number of amides is 2. The lowest BCUT2D eigenvalue weighted by atomic mass is 10.0. The molecule has 22 heteroatoms. The van der Waals surface area contributed by atoms with Crippen LogP contribution >= 0.6 is 63.7 Å². The molecule has 6 atom stereocenters. The average molecular weight is 1670 g/mol. The fourth-order valence-corrected chi connectivity index (χ4v) is 17.0. The number of carboxylic acids is 1. The summed E-state index contributed by atoms with van der Waals surface area (Å²) in [5, 5.41) is 32.6. The number of ether oxygens (including phenoxy) is 2. The minimum absolute atomic E-state index is 0.0292. The number of imide groups is 1. The van der Waals surface area contributed by atoms with Gasteiger partial charge in [0.05, 0.1) is 35.0 Å². The van der Waals surface area contributed by atoms with E-state index in [1.54, 1.807) is 36.4 Å². The number of aliphatic carboxylic acids is 1. The lowest BCUT2D eigenvalue weighted by molar-refractivity contribution is -0.149. The molecule has 0 spiro atoms. The Morgan fingerprint density at radius 1 is 0.486 bits per heavy atom. The van der Waals surface area contributed by atoms with E-state index >= 15 is 0 Å². The highest BCUT2D eigenvalue weighted by Gasteiger charge is 2.43. The molecule has 540 valence electrons. The number of benzene rings is 7. The lowest BCUT2D eigenvalue weighted by Crippen LogP contribution is -2.40. The number of carbonyl (C=O) groups excluding carboxylic acids is 4. The Balaban J connectivity index is 0.000000114. The van der Waals surface area contributed by atoms with Crippen LogP contribution in [0.25, 0.3) is 54.5 Å². The molecule has 18 nitrogen and oxygen atoms in total. The predicted octanol–water partition coefficient (Wildman–Crippen LogP) is 16.2. The van der Waals surface area contributed by atoms with Gasteiger partial charge in [0.25, 0.3) is 11.8 Å². The van der Waals surface area contributed by atoms with Crippen molar-refractivity contribution in [3.05, 3.63) is 242 Å². The molecule has 2 unspecified atom stereocenters. The quantitative estimate of drug-likeness (QED) is 0.0456. The van der Waals surface area contributed by atoms with E-state index in [1.807, 2.05) is 76.2 Å². The molecule has 0 bridgehead atoms. The van der Waals surface area contributed by atoms with Gasteiger partial charge in [0.2, 0.25) is 0 Å². The van der Waals surface area contributed by atoms with E-state index in [2.05, 4.69) is 155 Å². The van der Waals surface area contributed by atoms with E-state index in [0.29, 0.717) is 66.3 Å². The number of aliphatic hydroxyl groups excluding tert-OH is 1. The van der Waals surface area contributed by atoms with Crippen LogP contribution < -0.4 is 11.5 Å². The summed E-state index contributed by atoms with van der Waals surface area (Å²) in [5.74, 6) is -1.06. The standard InChI is InChI=1S/C19H13BrN2O2.C17H18N2O2.C16H18BrNO2.2C11H11BrN2.C9H10O3/c20-10-5-6-16-14(7-10)15-8-11(9-17(15)21-16)22-18(23)12-3-1-2-4-13(12)19(22)24;1-10(2)21-17(20)8-12-6-14-13-5-11(9-18)3-4-15(13)19-16(14)7-12;1-9(2)20-16(19)7-10-5-12-13-8-11(17)3-4-14(13)18-15(12)6-10;2*12-6-1-2-10-8(3-6)9-4-7(13)5-11(9)14-10;10-8(9(11)12)6-7-4-2-1-3-5-7/h1-7,11,21H,8-9H2;3-5,10,12,19H,6-8H2,1-2H3;3-4,8-10,18H,5-7H2,1-2H3;2*1-3,7,14H,4-5,13H2;1-5,8,10H,6H2,(H,11,12)/t;12-;10-;7-;;8-/m.000.1/s1. The number of halogens is 4. The largest absolute Gasteiger partial charge is 0.479 e. The number of nitrogens with zero attached hydrogens (tertiary/aromatic N) is 2. The number of hydrogen-bond acceptors (Lipinski definition) is 11. The summed E-state index contributed by atoms with van der Waals surface area (Å²) in [6, 6.07) is 49.6. The maximum Gasteiger partial charge on any atom is 0.332 e. The van der Waals surface area contributed by atoms with Crippen LogP contribution in [0, 0.1) is 23.2 Å². The molecular weight excluding hydrogens is 1590 g/mol. The number of aromatic amines is 5. The van der Waals surface area contributed by atoms with E-state index in [4.69, 9.17) is 36.4 Å². The average Bonchev–Trinajstić information content (AvgIpc) is 1.60. The van der Waals surface area contributed by atoms with E-state index in [1.165, 1.54) is 93.6 Å². The molecule has 0 fully saturated rings. The number of nitrogens with one attached hydrogen (secondary N) is 5. The summed E-state index contributed by atoms with van der Waals surface area (Å²) in [5.41, 5.74) is 33.1. The van der Waals surface area contributed by atoms with Crippen molar-refractivity contribution in [1.29, 1.82) is 5.26 Å². The van der Waals surface area contributed by atoms with Crippen LogP contribution in [-0.4, -0.2) is 106 Å². The van der Waals surface area contributed by atoms with Crippen molar-refractivity contribution >= 4 is 148 Å². The Hall–Kier alpha value is -8.92. The molecule has 0 saturated carbocycles. The lowest BCUT2D eigenvalue weighted by Gasteiger charge is -2.21. The molecule has 12 aromatic rings. The Kier molecular flexibility index (Phi) is 22.7. The van der Waals surface area contributed by atoms with Gasteiger partial charge in [0, 0.05) is 158 Å². The summed E-state index contributed by atoms with van der Waals surface area (Å²) in [6.07, 6.45) is 8.77. The molecular formula is C83H81Br4N9O9. The number of nitriles is 1. The van der Waals surface area contributed by atoms with Crippen LogP contribution in [-0.2, 0) is 94.5 Å². The number of H-pyrrole nitrogens is 5. The van der Waals surface area contributed by atoms with Crippen LogP contribution in [0.2, 0.25) is 0 Å². The number of aromatic nitrogens is 5. The van der Waals surface area contributed by atoms with Gasteiger partial charge >= 0.3 is 17.9 Å². The number of rotatable bonds is 10. The first-order valence-corrected chi connectivity index (χ1v) is 38.6. The smallest absolute Gasteiger partial charge is 0.332 e. The Morgan fingerprint density at radius 2 is 0.838 bits per heavy atom. The zero-order valence-corrected chi connectivity index (χ0v) is 64.8. The van der Waals surface area contributed by atoms with Gasteiger partial charge in [-0.3, -0.25) is 24.1 Å². The third-order valence-corrected chi connectivity index (χ3v) is 22.0. The highest BCUT2D eigenvalue weighted by Crippen LogP contribution is 2.40. The first-order valence-electron chi connectivity index (χ1n) is 35.4. The molecule has 0 saturated heterocycles. The van der Waals surface area contributed by atoms with Crippen molar-refractivity contribution in [3.63, 3.8) is 0 Å². The van der Waals surface area contributed by atoms with Crippen molar-refractivity contribution in [1.82, 2.24) is 29.8 Å². The van der Waals surface area contributed by atoms with Crippen molar-refractivity contribution in [2.45, 2.75) is 148 Å². The van der Waals surface area contributed by atoms with E-state index in [0.717, 1.165) is 96.9 Å². The SMILES string of the molecule is CC(C)OC(=O)C[C@@H]1Cc2[nH]c3ccc(Br)cc3c2C1.CC(C)OC(=O)C[C@@H]1Cc2[nH]c3ccc(C#N)cc3c2C1.NC1Cc2[nH]c3ccc(Br)cc3c2C1.N[C@@H]1Cc2[nH]c3ccc(Br)cc3c2C1.O=C(O)[C@H](O)Cc1ccccc1.O=C1c2ccccc2C(=O)N1C1Cc2[nH]c3ccc(Br)cc3c2C1. The Morgan fingerprint density at radius 3 is 1.23 bits per heavy atom. The molecule has 2 amide bonds. The predicted molar refractivity (Wildman–Crippen MR) is 423 cm³/mol. The molecule has 1 aliphatic heterocycles. The molecule has 6 heterocycles. The number of esters is 2. The molecule has 105 heavy (non-hydrogen) atoms. The van der Waals surface area contributed by atoms with Gasteiger partial charge in [-0.05, 0) is 221 Å². The van der Waals surface area contributed by atoms with Crippen molar-refractivity contribution in [2.24, 2.45) is 23.3 Å². The Labute approximate surface area is 640 Å². The molecule has 5 aromatic heterocycles. The van der Waals surface area contributed by atoms with Crippen LogP contribution in [0.3, 0.4) is 0 Å². The molecule has 5 aliphatic carbocycles. The zero-order chi connectivity index (χ0) is 74.1. The molecule has 11 N–H and O–H groups in total. The first kappa shape index (κ1) is 74.4. The fourth-order valence-electron chi connectivity index (χ4n) is 15.6. The highest BCUT2D eigenvalue weighted by atomic mass is 79.9. The highest BCUT2D eigenvalue weighted by molar-refractivity contribution is 9.11. The van der Waals surface area contributed by atoms with Gasteiger partial charge in [0.1, 0.15) is 0 Å². The number of aliphatic hydroxyl groups is 1. The molecule has 7 aromatic carbocycles. The van der Waals surface area contributed by atoms with Crippen LogP contribution in [0.4, 0.5) is 0 Å². The first-order chi connectivity index (χ1) is 50.4. The summed E-state index contributed by atoms with van der Waals surface area (Å²) in [7, 11) is 0. The van der Waals surface area contributed by atoms with Gasteiger partial charge in [-0.2, -0.15) is 5.26 Å². The van der Waals surface area contributed by atoms with Crippen LogP contribution in [0.5, 0.6) is 0 Å². The van der Waals surface area contributed by atoms with Gasteiger partial charge < -0.3 is 56.1 Å². The number of carbonyl (C=O) groups is 5. The van der Waals surface area contributed by atoms with Gasteiger partial charge in [-0.25, -0.2) is 4.79 Å². The Bertz CT molecular complexity index is 5230. The maximum atomic E-state index is 12.7. The van der Waals surface area contributed by atoms with E-state index < -0.39 is 12.1 Å². The summed E-state index contributed by atoms with van der Waals surface area (Å²) in [6.45, 7) is 7.51. The third kappa shape index (κ3) is 16.9. The van der Waals surface area contributed by atoms with Crippen molar-refractivity contribution < 1.29 is 43.7 Å². The van der Waals surface area contributed by atoms with Crippen molar-refractivity contribution in [3.8, 4) is 6.07 Å². The topological polar surface area (TPSA) is 302 Å². The number of fused-ring (bicyclic) bond motifs is 16. The third-order valence-electron chi connectivity index (χ3n) is 20.1. The molecule has 6 aliphatic rings. The second-order valence-corrected chi connectivity index (χ2v) is 32.2. The van der Waals surface area contributed by atoms with Crippen LogP contribution in [0.1, 0.15) is 129 Å². The number of carboxylic acid groups (broad SMARTS) is 1. The number of hydrogen-bond donors (Lipinski definition) is 9. The van der Waals surface area contributed by atoms with E-state index in [9.17, 15) is 24.0 Å². The van der Waals surface area contributed by atoms with Gasteiger partial charge in [-0.15, -0.1) is 0 Å². The minimum Gasteiger partial charge on any atom is -0.479 e. The number of nitrogens with two attached hydrogens (primary N) is 2. The summed E-state index contributed by atoms with van der Waals surface area (Å²) in [4.78, 5) is 77.8. The summed E-state index contributed by atoms with van der Waals surface area (Å²) < 4.78 is 14.8. The second kappa shape index (κ2) is 32.0. The normalized spacial score (nSPS) is 18.0. The van der Waals surface area contributed by atoms with Crippen LogP contribution in [0.15, 0.2) is 163 Å².